The quantitative estimate of drug-likeness (QED) is 0.140. The predicted octanol–water partition coefficient (Wildman–Crippen LogP) is 17.3. The van der Waals surface area contributed by atoms with Crippen molar-refractivity contribution in [2.45, 2.75) is 5.41 Å². The van der Waals surface area contributed by atoms with E-state index in [4.69, 9.17) is 0 Å². The molecule has 1 nitrogen and oxygen atoms in total. The van der Waals surface area contributed by atoms with E-state index < -0.39 is 5.41 Å². The average molecular weight is 840 g/mol. The van der Waals surface area contributed by atoms with Gasteiger partial charge in [-0.1, -0.05) is 224 Å². The molecule has 310 valence electrons. The molecule has 1 heteroatoms. The molecule has 0 unspecified atom stereocenters. The number of rotatable bonds is 9. The van der Waals surface area contributed by atoms with Gasteiger partial charge in [-0.15, -0.1) is 0 Å². The minimum Gasteiger partial charge on any atom is -0.310 e. The van der Waals surface area contributed by atoms with Crippen molar-refractivity contribution in [3.8, 4) is 55.6 Å². The van der Waals surface area contributed by atoms with Gasteiger partial charge in [-0.05, 0) is 137 Å². The summed E-state index contributed by atoms with van der Waals surface area (Å²) in [5.41, 5.74) is 20.0. The Balaban J connectivity index is 0.996. The summed E-state index contributed by atoms with van der Waals surface area (Å²) in [4.78, 5) is 2.42. The molecule has 1 aliphatic rings. The highest BCUT2D eigenvalue weighted by Gasteiger charge is 2.46. The molecule has 0 bridgehead atoms. The molecule has 0 aliphatic heterocycles. The molecule has 0 saturated carbocycles. The van der Waals surface area contributed by atoms with Gasteiger partial charge in [0.2, 0.25) is 0 Å². The van der Waals surface area contributed by atoms with Crippen LogP contribution in [0.5, 0.6) is 0 Å². The second kappa shape index (κ2) is 16.6. The summed E-state index contributed by atoms with van der Waals surface area (Å²) in [6.07, 6.45) is 0. The Kier molecular flexibility index (Phi) is 9.81. The maximum atomic E-state index is 2.45. The van der Waals surface area contributed by atoms with Crippen LogP contribution in [0.1, 0.15) is 22.3 Å². The summed E-state index contributed by atoms with van der Waals surface area (Å²) in [6.45, 7) is 0. The molecule has 11 aromatic rings. The summed E-state index contributed by atoms with van der Waals surface area (Å²) in [5, 5.41) is 2.51. The van der Waals surface area contributed by atoms with Gasteiger partial charge in [-0.25, -0.2) is 0 Å². The van der Waals surface area contributed by atoms with Crippen LogP contribution in [-0.4, -0.2) is 0 Å². The largest absolute Gasteiger partial charge is 0.310 e. The molecule has 0 spiro atoms. The number of hydrogen-bond acceptors (Lipinski definition) is 1. The van der Waals surface area contributed by atoms with Gasteiger partial charge in [-0.3, -0.25) is 0 Å². The van der Waals surface area contributed by atoms with Crippen molar-refractivity contribution in [1.82, 2.24) is 0 Å². The molecule has 0 aromatic heterocycles. The first-order chi connectivity index (χ1) is 32.7. The van der Waals surface area contributed by atoms with Gasteiger partial charge in [0, 0.05) is 17.1 Å². The van der Waals surface area contributed by atoms with Crippen LogP contribution < -0.4 is 4.90 Å². The van der Waals surface area contributed by atoms with Crippen molar-refractivity contribution in [2.75, 3.05) is 4.90 Å². The van der Waals surface area contributed by atoms with Crippen LogP contribution in [0.25, 0.3) is 66.4 Å². The molecule has 11 aromatic carbocycles. The van der Waals surface area contributed by atoms with Gasteiger partial charge < -0.3 is 4.90 Å². The van der Waals surface area contributed by atoms with Crippen molar-refractivity contribution in [1.29, 1.82) is 0 Å². The lowest BCUT2D eigenvalue weighted by molar-refractivity contribution is 0.768. The molecule has 1 aliphatic carbocycles. The van der Waals surface area contributed by atoms with Crippen molar-refractivity contribution < 1.29 is 0 Å². The second-order valence-corrected chi connectivity index (χ2v) is 17.2. The Morgan fingerprint density at radius 1 is 0.242 bits per heavy atom. The smallest absolute Gasteiger partial charge is 0.0714 e. The van der Waals surface area contributed by atoms with Crippen molar-refractivity contribution in [2.24, 2.45) is 0 Å². The minimum absolute atomic E-state index is 0.511. The Morgan fingerprint density at radius 3 is 1.30 bits per heavy atom. The zero-order valence-electron chi connectivity index (χ0n) is 36.4. The number of nitrogens with zero attached hydrogens (tertiary/aromatic N) is 1. The molecule has 0 fully saturated rings. The summed E-state index contributed by atoms with van der Waals surface area (Å²) in [5.74, 6) is 0. The van der Waals surface area contributed by atoms with Crippen molar-refractivity contribution >= 4 is 27.8 Å². The number of benzene rings is 11. The molecular formula is C65H45N. The summed E-state index contributed by atoms with van der Waals surface area (Å²) in [7, 11) is 0. The van der Waals surface area contributed by atoms with Crippen LogP contribution >= 0.6 is 0 Å². The monoisotopic (exact) mass is 839 g/mol. The van der Waals surface area contributed by atoms with E-state index in [1.807, 2.05) is 0 Å². The Morgan fingerprint density at radius 2 is 0.667 bits per heavy atom. The molecule has 0 saturated heterocycles. The lowest BCUT2D eigenvalue weighted by Crippen LogP contribution is -2.28. The van der Waals surface area contributed by atoms with Crippen LogP contribution in [-0.2, 0) is 5.41 Å². The lowest BCUT2D eigenvalue weighted by Gasteiger charge is -2.35. The Hall–Kier alpha value is -8.52. The highest BCUT2D eigenvalue weighted by atomic mass is 15.1. The van der Waals surface area contributed by atoms with E-state index in [1.54, 1.807) is 0 Å². The zero-order chi connectivity index (χ0) is 43.9. The second-order valence-electron chi connectivity index (χ2n) is 17.2. The fraction of sp³-hybridized carbons (Fsp3) is 0.0154. The van der Waals surface area contributed by atoms with E-state index in [2.05, 4.69) is 278 Å². The molecule has 0 radical (unpaired) electrons. The molecule has 0 atom stereocenters. The third-order valence-electron chi connectivity index (χ3n) is 13.6. The molecule has 0 heterocycles. The highest BCUT2D eigenvalue weighted by Crippen LogP contribution is 2.57. The highest BCUT2D eigenvalue weighted by molar-refractivity contribution is 5.97. The first kappa shape index (κ1) is 39.1. The average Bonchev–Trinajstić information content (AvgIpc) is 3.70. The van der Waals surface area contributed by atoms with Crippen molar-refractivity contribution in [3.63, 3.8) is 0 Å². The molecule has 0 N–H and O–H groups in total. The minimum atomic E-state index is -0.511. The van der Waals surface area contributed by atoms with Gasteiger partial charge in [0.1, 0.15) is 0 Å². The van der Waals surface area contributed by atoms with Crippen LogP contribution in [0.3, 0.4) is 0 Å². The Labute approximate surface area is 387 Å². The number of fused-ring (bicyclic) bond motifs is 4. The fourth-order valence-electron chi connectivity index (χ4n) is 10.5. The van der Waals surface area contributed by atoms with Gasteiger partial charge in [0.15, 0.2) is 0 Å². The maximum Gasteiger partial charge on any atom is 0.0714 e. The van der Waals surface area contributed by atoms with E-state index in [1.165, 1.54) is 88.7 Å². The first-order valence-corrected chi connectivity index (χ1v) is 22.8. The third-order valence-corrected chi connectivity index (χ3v) is 13.6. The standard InChI is InChI=1S/C65H45N/c1-4-17-46(18-5-1)50-21-14-22-51(43-50)47-33-37-56(38-34-47)66(57-39-35-48(36-40-57)52-23-15-24-53(44-52)60-31-16-20-49-19-10-11-29-59(49)60)58-41-42-62-61-30-12-13-32-63(61)65(64(62)45-58,54-25-6-2-7-26-54)55-27-8-3-9-28-55/h1-45H. The molecule has 66 heavy (non-hydrogen) atoms. The van der Waals surface area contributed by atoms with E-state index in [0.29, 0.717) is 0 Å². The maximum absolute atomic E-state index is 2.45. The zero-order valence-corrected chi connectivity index (χ0v) is 36.4. The Bertz CT molecular complexity index is 3460. The first-order valence-electron chi connectivity index (χ1n) is 22.8. The fourth-order valence-corrected chi connectivity index (χ4v) is 10.5. The van der Waals surface area contributed by atoms with Crippen LogP contribution in [0, 0.1) is 0 Å². The van der Waals surface area contributed by atoms with Crippen molar-refractivity contribution in [3.05, 3.63) is 295 Å². The van der Waals surface area contributed by atoms with Gasteiger partial charge in [0.05, 0.1) is 5.41 Å². The number of hydrogen-bond donors (Lipinski definition) is 0. The van der Waals surface area contributed by atoms with Crippen LogP contribution in [0.15, 0.2) is 273 Å². The molecule has 0 amide bonds. The summed E-state index contributed by atoms with van der Waals surface area (Å²) in [6, 6.07) is 100.0. The van der Waals surface area contributed by atoms with Gasteiger partial charge in [-0.2, -0.15) is 0 Å². The van der Waals surface area contributed by atoms with Crippen LogP contribution in [0.2, 0.25) is 0 Å². The van der Waals surface area contributed by atoms with Gasteiger partial charge >= 0.3 is 0 Å². The predicted molar refractivity (Wildman–Crippen MR) is 278 cm³/mol. The van der Waals surface area contributed by atoms with E-state index >= 15 is 0 Å². The number of anilines is 3. The normalized spacial score (nSPS) is 12.4. The van der Waals surface area contributed by atoms with Crippen LogP contribution in [0.4, 0.5) is 17.1 Å². The van der Waals surface area contributed by atoms with E-state index in [-0.39, 0.29) is 0 Å². The third kappa shape index (κ3) is 6.73. The van der Waals surface area contributed by atoms with Gasteiger partial charge in [0.25, 0.3) is 0 Å². The molecular weight excluding hydrogens is 795 g/mol. The molecule has 12 rings (SSSR count). The topological polar surface area (TPSA) is 3.24 Å². The summed E-state index contributed by atoms with van der Waals surface area (Å²) < 4.78 is 0. The van der Waals surface area contributed by atoms with E-state index in [9.17, 15) is 0 Å². The van der Waals surface area contributed by atoms with E-state index in [0.717, 1.165) is 17.1 Å². The lowest BCUT2D eigenvalue weighted by atomic mass is 9.67. The summed E-state index contributed by atoms with van der Waals surface area (Å²) >= 11 is 0. The SMILES string of the molecule is c1ccc(-c2cccc(-c3ccc(N(c4ccc(-c5cccc(-c6cccc7ccccc67)c5)cc4)c4ccc5c(c4)C(c4ccccc4)(c4ccccc4)c4ccccc4-5)cc3)c2)cc1.